The van der Waals surface area contributed by atoms with Crippen molar-refractivity contribution in [1.82, 2.24) is 19.7 Å². The van der Waals surface area contributed by atoms with E-state index in [1.165, 1.54) is 43.5 Å². The molecule has 1 aromatic heterocycles. The third kappa shape index (κ3) is 4.47. The first kappa shape index (κ1) is 22.7. The minimum absolute atomic E-state index is 0.110. The SMILES string of the molecule is CC(NS(=O)(=O)c1ccc(NC(=O)Cn2nnc3ccccc3c2=O)cc1)C1CC2CCC1C2. The van der Waals surface area contributed by atoms with E-state index in [0.29, 0.717) is 28.4 Å². The molecule has 0 aliphatic heterocycles. The summed E-state index contributed by atoms with van der Waals surface area (Å²) in [5.74, 6) is 1.31. The molecule has 2 N–H and O–H groups in total. The number of hydrogen-bond donors (Lipinski definition) is 2. The van der Waals surface area contributed by atoms with Gasteiger partial charge < -0.3 is 5.32 Å². The highest BCUT2D eigenvalue weighted by Crippen LogP contribution is 2.49. The lowest BCUT2D eigenvalue weighted by atomic mass is 9.84. The summed E-state index contributed by atoms with van der Waals surface area (Å²) in [6, 6.07) is 12.7. The van der Waals surface area contributed by atoms with Crippen molar-refractivity contribution >= 4 is 32.5 Å². The summed E-state index contributed by atoms with van der Waals surface area (Å²) in [4.78, 5) is 25.1. The number of benzene rings is 2. The molecule has 2 aliphatic carbocycles. The summed E-state index contributed by atoms with van der Waals surface area (Å²) in [5, 5.41) is 10.8. The molecule has 0 radical (unpaired) electrons. The highest BCUT2D eigenvalue weighted by molar-refractivity contribution is 7.89. The molecule has 1 amide bonds. The number of amides is 1. The Hall–Kier alpha value is -3.11. The van der Waals surface area contributed by atoms with Crippen molar-refractivity contribution in [3.63, 3.8) is 0 Å². The fourth-order valence-electron chi connectivity index (χ4n) is 5.49. The molecule has 10 heteroatoms. The van der Waals surface area contributed by atoms with Crippen molar-refractivity contribution in [2.45, 2.75) is 50.1 Å². The van der Waals surface area contributed by atoms with Crippen LogP contribution in [-0.4, -0.2) is 35.4 Å². The Bertz CT molecular complexity index is 1390. The van der Waals surface area contributed by atoms with Gasteiger partial charge in [-0.2, -0.15) is 0 Å². The largest absolute Gasteiger partial charge is 0.324 e. The van der Waals surface area contributed by atoms with Crippen LogP contribution in [0.2, 0.25) is 0 Å². The number of hydrogen-bond acceptors (Lipinski definition) is 6. The van der Waals surface area contributed by atoms with Gasteiger partial charge in [-0.25, -0.2) is 17.8 Å². The number of sulfonamides is 1. The minimum atomic E-state index is -3.66. The third-order valence-corrected chi connectivity index (χ3v) is 8.72. The van der Waals surface area contributed by atoms with Crippen LogP contribution in [0.1, 0.15) is 32.6 Å². The molecule has 4 atom stereocenters. The molecule has 2 saturated carbocycles. The fraction of sp³-hybridized carbons (Fsp3) is 0.417. The number of rotatable bonds is 7. The number of nitrogens with zero attached hydrogens (tertiary/aromatic N) is 3. The molecule has 0 saturated heterocycles. The van der Waals surface area contributed by atoms with Gasteiger partial charge in [0.05, 0.1) is 10.3 Å². The van der Waals surface area contributed by atoms with Crippen molar-refractivity contribution in [2.75, 3.05) is 5.32 Å². The standard InChI is InChI=1S/C24H27N5O4S/c1-15(21-13-16-6-7-17(21)12-16)27-34(32,33)19-10-8-18(9-11-19)25-23(30)14-29-24(31)20-4-2-3-5-22(20)26-28-29/h2-5,8-11,15-17,21,27H,6-7,12-14H2,1H3,(H,25,30). The maximum absolute atomic E-state index is 12.9. The Kier molecular flexibility index (Phi) is 5.95. The van der Waals surface area contributed by atoms with Crippen LogP contribution in [-0.2, 0) is 21.4 Å². The highest BCUT2D eigenvalue weighted by atomic mass is 32.2. The zero-order chi connectivity index (χ0) is 23.9. The lowest BCUT2D eigenvalue weighted by molar-refractivity contribution is -0.117. The smallest absolute Gasteiger partial charge is 0.278 e. The van der Waals surface area contributed by atoms with E-state index in [9.17, 15) is 18.0 Å². The minimum Gasteiger partial charge on any atom is -0.324 e. The average Bonchev–Trinajstić information content (AvgIpc) is 3.45. The number of anilines is 1. The quantitative estimate of drug-likeness (QED) is 0.535. The van der Waals surface area contributed by atoms with Crippen LogP contribution in [0.4, 0.5) is 5.69 Å². The number of aromatic nitrogens is 3. The van der Waals surface area contributed by atoms with Gasteiger partial charge in [0.15, 0.2) is 0 Å². The Labute approximate surface area is 197 Å². The topological polar surface area (TPSA) is 123 Å². The molecule has 2 fully saturated rings. The number of fused-ring (bicyclic) bond motifs is 3. The molecule has 2 bridgehead atoms. The maximum Gasteiger partial charge on any atom is 0.278 e. The molecule has 34 heavy (non-hydrogen) atoms. The first-order valence-corrected chi connectivity index (χ1v) is 13.0. The van der Waals surface area contributed by atoms with Crippen LogP contribution >= 0.6 is 0 Å². The molecular weight excluding hydrogens is 454 g/mol. The van der Waals surface area contributed by atoms with E-state index >= 15 is 0 Å². The van der Waals surface area contributed by atoms with Gasteiger partial charge in [0, 0.05) is 11.7 Å². The molecule has 178 valence electrons. The molecule has 9 nitrogen and oxygen atoms in total. The Morgan fingerprint density at radius 2 is 1.88 bits per heavy atom. The zero-order valence-electron chi connectivity index (χ0n) is 18.8. The van der Waals surface area contributed by atoms with Gasteiger partial charge in [-0.3, -0.25) is 9.59 Å². The molecule has 0 spiro atoms. The van der Waals surface area contributed by atoms with E-state index in [4.69, 9.17) is 0 Å². The van der Waals surface area contributed by atoms with Crippen LogP contribution in [0.3, 0.4) is 0 Å². The van der Waals surface area contributed by atoms with E-state index < -0.39 is 21.5 Å². The summed E-state index contributed by atoms with van der Waals surface area (Å²) < 4.78 is 29.6. The summed E-state index contributed by atoms with van der Waals surface area (Å²) in [7, 11) is -3.66. The molecule has 3 aromatic rings. The van der Waals surface area contributed by atoms with Crippen molar-refractivity contribution in [3.8, 4) is 0 Å². The van der Waals surface area contributed by atoms with Gasteiger partial charge in [0.1, 0.15) is 12.1 Å². The lowest BCUT2D eigenvalue weighted by Gasteiger charge is -2.28. The zero-order valence-corrected chi connectivity index (χ0v) is 19.7. The van der Waals surface area contributed by atoms with Crippen molar-refractivity contribution in [1.29, 1.82) is 0 Å². The number of carbonyl (C=O) groups excluding carboxylic acids is 1. The van der Waals surface area contributed by atoms with Crippen LogP contribution < -0.4 is 15.6 Å². The van der Waals surface area contributed by atoms with Gasteiger partial charge in [-0.15, -0.1) is 5.10 Å². The van der Waals surface area contributed by atoms with E-state index in [-0.39, 0.29) is 17.5 Å². The van der Waals surface area contributed by atoms with E-state index in [2.05, 4.69) is 20.4 Å². The second-order valence-corrected chi connectivity index (χ2v) is 11.1. The molecule has 2 aliphatic rings. The van der Waals surface area contributed by atoms with Gasteiger partial charge >= 0.3 is 0 Å². The first-order chi connectivity index (χ1) is 16.3. The molecule has 4 unspecified atom stereocenters. The predicted molar refractivity (Wildman–Crippen MR) is 128 cm³/mol. The van der Waals surface area contributed by atoms with Gasteiger partial charge in [0.2, 0.25) is 15.9 Å². The van der Waals surface area contributed by atoms with Gasteiger partial charge in [0.25, 0.3) is 5.56 Å². The monoisotopic (exact) mass is 481 g/mol. The van der Waals surface area contributed by atoms with Crippen LogP contribution in [0.15, 0.2) is 58.2 Å². The first-order valence-electron chi connectivity index (χ1n) is 11.5. The van der Waals surface area contributed by atoms with Gasteiger partial charge in [-0.1, -0.05) is 23.8 Å². The lowest BCUT2D eigenvalue weighted by Crippen LogP contribution is -2.40. The van der Waals surface area contributed by atoms with Gasteiger partial charge in [-0.05, 0) is 80.3 Å². The van der Waals surface area contributed by atoms with Crippen LogP contribution in [0.25, 0.3) is 10.9 Å². The van der Waals surface area contributed by atoms with Crippen LogP contribution in [0.5, 0.6) is 0 Å². The summed E-state index contributed by atoms with van der Waals surface area (Å²) in [6.07, 6.45) is 4.80. The van der Waals surface area contributed by atoms with E-state index in [0.717, 1.165) is 17.0 Å². The average molecular weight is 482 g/mol. The van der Waals surface area contributed by atoms with Crippen molar-refractivity contribution in [2.24, 2.45) is 17.8 Å². The molecule has 2 aromatic carbocycles. The second-order valence-electron chi connectivity index (χ2n) is 9.39. The highest BCUT2D eigenvalue weighted by Gasteiger charge is 2.42. The second kappa shape index (κ2) is 8.92. The summed E-state index contributed by atoms with van der Waals surface area (Å²) in [5.41, 5.74) is 0.481. The number of carbonyl (C=O) groups is 1. The summed E-state index contributed by atoms with van der Waals surface area (Å²) in [6.45, 7) is 1.65. The third-order valence-electron chi connectivity index (χ3n) is 7.15. The molecule has 5 rings (SSSR count). The molecule has 1 heterocycles. The van der Waals surface area contributed by atoms with E-state index in [1.807, 2.05) is 6.92 Å². The van der Waals surface area contributed by atoms with Crippen molar-refractivity contribution < 1.29 is 13.2 Å². The number of nitrogens with one attached hydrogen (secondary N) is 2. The Morgan fingerprint density at radius 1 is 1.12 bits per heavy atom. The van der Waals surface area contributed by atoms with E-state index in [1.54, 1.807) is 24.3 Å². The fourth-order valence-corrected chi connectivity index (χ4v) is 6.78. The predicted octanol–water partition coefficient (Wildman–Crippen LogP) is 2.53. The maximum atomic E-state index is 12.9. The Morgan fingerprint density at radius 3 is 2.59 bits per heavy atom. The normalized spacial score (nSPS) is 22.7. The van der Waals surface area contributed by atoms with Crippen LogP contribution in [0, 0.1) is 17.8 Å². The Balaban J connectivity index is 1.22. The van der Waals surface area contributed by atoms with Crippen molar-refractivity contribution in [3.05, 3.63) is 58.9 Å². The summed E-state index contributed by atoms with van der Waals surface area (Å²) >= 11 is 0. The molecular formula is C24H27N5O4S.